The Balaban J connectivity index is 2.49. The molecule has 5 nitrogen and oxygen atoms in total. The van der Waals surface area contributed by atoms with Crippen molar-refractivity contribution in [2.24, 2.45) is 5.92 Å². The average Bonchev–Trinajstić information content (AvgIpc) is 2.32. The first-order valence-electron chi connectivity index (χ1n) is 6.11. The first-order valence-corrected chi connectivity index (χ1v) is 6.11. The van der Waals surface area contributed by atoms with Crippen LogP contribution >= 0.6 is 0 Å². The van der Waals surface area contributed by atoms with Crippen LogP contribution < -0.4 is 10.1 Å². The molecule has 0 aliphatic rings. The summed E-state index contributed by atoms with van der Waals surface area (Å²) in [5.74, 6) is -1.08. The number of carbonyl (C=O) groups is 2. The van der Waals surface area contributed by atoms with Crippen molar-refractivity contribution in [3.05, 3.63) is 29.8 Å². The number of hydrogen-bond acceptors (Lipinski definition) is 3. The van der Waals surface area contributed by atoms with Crippen molar-refractivity contribution in [2.75, 3.05) is 6.61 Å². The lowest BCUT2D eigenvalue weighted by Gasteiger charge is -2.18. The molecule has 5 heteroatoms. The Kier molecular flexibility index (Phi) is 5.36. The van der Waals surface area contributed by atoms with Crippen molar-refractivity contribution in [1.82, 2.24) is 5.32 Å². The molecule has 1 aromatic rings. The van der Waals surface area contributed by atoms with Crippen molar-refractivity contribution >= 4 is 11.9 Å². The second-order valence-electron chi connectivity index (χ2n) is 4.73. The Morgan fingerprint density at radius 2 is 2.05 bits per heavy atom. The maximum atomic E-state index is 11.6. The molecule has 0 aromatic heterocycles. The van der Waals surface area contributed by atoms with Gasteiger partial charge in [-0.15, -0.1) is 0 Å². The van der Waals surface area contributed by atoms with E-state index >= 15 is 0 Å². The van der Waals surface area contributed by atoms with Gasteiger partial charge >= 0.3 is 5.97 Å². The second-order valence-corrected chi connectivity index (χ2v) is 4.73. The summed E-state index contributed by atoms with van der Waals surface area (Å²) in [4.78, 5) is 22.6. The van der Waals surface area contributed by atoms with Crippen LogP contribution in [0.2, 0.25) is 0 Å². The van der Waals surface area contributed by atoms with E-state index in [-0.39, 0.29) is 12.5 Å². The molecule has 0 bridgehead atoms. The fourth-order valence-electron chi connectivity index (χ4n) is 1.58. The standard InChI is InChI=1S/C14H19NO4/c1-9(2)13(14(17)18)15-12(16)8-19-11-6-4-5-10(3)7-11/h4-7,9,13H,8H2,1-3H3,(H,15,16)(H,17,18). The fourth-order valence-corrected chi connectivity index (χ4v) is 1.58. The third-order valence-corrected chi connectivity index (χ3v) is 2.61. The fraction of sp³-hybridized carbons (Fsp3) is 0.429. The zero-order valence-electron chi connectivity index (χ0n) is 11.3. The molecule has 0 saturated carbocycles. The number of hydrogen-bond donors (Lipinski definition) is 2. The number of amides is 1. The van der Waals surface area contributed by atoms with Crippen LogP contribution in [0.4, 0.5) is 0 Å². The molecule has 0 aliphatic carbocycles. The van der Waals surface area contributed by atoms with Gasteiger partial charge in [0.25, 0.3) is 5.91 Å². The van der Waals surface area contributed by atoms with Crippen molar-refractivity contribution in [3.63, 3.8) is 0 Å². The van der Waals surface area contributed by atoms with Gasteiger partial charge in [-0.05, 0) is 30.5 Å². The summed E-state index contributed by atoms with van der Waals surface area (Å²) < 4.78 is 5.30. The number of aryl methyl sites for hydroxylation is 1. The topological polar surface area (TPSA) is 75.6 Å². The van der Waals surface area contributed by atoms with Crippen molar-refractivity contribution in [3.8, 4) is 5.75 Å². The highest BCUT2D eigenvalue weighted by atomic mass is 16.5. The molecule has 0 radical (unpaired) electrons. The number of nitrogens with one attached hydrogen (secondary N) is 1. The van der Waals surface area contributed by atoms with E-state index in [1.165, 1.54) is 0 Å². The summed E-state index contributed by atoms with van der Waals surface area (Å²) in [6.45, 7) is 5.20. The number of carboxylic acids is 1. The molecule has 2 N–H and O–H groups in total. The highest BCUT2D eigenvalue weighted by Gasteiger charge is 2.23. The second kappa shape index (κ2) is 6.78. The predicted molar refractivity (Wildman–Crippen MR) is 71.1 cm³/mol. The predicted octanol–water partition coefficient (Wildman–Crippen LogP) is 1.60. The highest BCUT2D eigenvalue weighted by molar-refractivity contribution is 5.84. The molecule has 104 valence electrons. The van der Waals surface area contributed by atoms with Crippen LogP contribution in [0.15, 0.2) is 24.3 Å². The maximum absolute atomic E-state index is 11.6. The summed E-state index contributed by atoms with van der Waals surface area (Å²) in [6, 6.07) is 6.42. The van der Waals surface area contributed by atoms with Gasteiger partial charge in [-0.1, -0.05) is 26.0 Å². The van der Waals surface area contributed by atoms with Gasteiger partial charge in [-0.25, -0.2) is 4.79 Å². The van der Waals surface area contributed by atoms with E-state index in [1.807, 2.05) is 25.1 Å². The minimum Gasteiger partial charge on any atom is -0.484 e. The van der Waals surface area contributed by atoms with Crippen LogP contribution in [0.5, 0.6) is 5.75 Å². The number of carboxylic acid groups (broad SMARTS) is 1. The Morgan fingerprint density at radius 3 is 2.58 bits per heavy atom. The molecular formula is C14H19NO4. The molecule has 0 saturated heterocycles. The molecule has 1 aromatic carbocycles. The van der Waals surface area contributed by atoms with Crippen LogP contribution in [-0.4, -0.2) is 29.6 Å². The minimum atomic E-state index is -1.04. The molecular weight excluding hydrogens is 246 g/mol. The van der Waals surface area contributed by atoms with Gasteiger partial charge < -0.3 is 15.2 Å². The van der Waals surface area contributed by atoms with Gasteiger partial charge in [0.2, 0.25) is 0 Å². The van der Waals surface area contributed by atoms with E-state index in [0.29, 0.717) is 5.75 Å². The highest BCUT2D eigenvalue weighted by Crippen LogP contribution is 2.12. The van der Waals surface area contributed by atoms with E-state index in [0.717, 1.165) is 5.56 Å². The summed E-state index contributed by atoms with van der Waals surface area (Å²) in [5.41, 5.74) is 1.03. The van der Waals surface area contributed by atoms with Gasteiger partial charge in [0.1, 0.15) is 11.8 Å². The van der Waals surface area contributed by atoms with E-state index in [2.05, 4.69) is 5.32 Å². The first kappa shape index (κ1) is 15.0. The number of rotatable bonds is 6. The zero-order valence-corrected chi connectivity index (χ0v) is 11.3. The normalized spacial score (nSPS) is 12.0. The van der Waals surface area contributed by atoms with Crippen LogP contribution in [0, 0.1) is 12.8 Å². The van der Waals surface area contributed by atoms with Crippen molar-refractivity contribution in [1.29, 1.82) is 0 Å². The molecule has 1 unspecified atom stereocenters. The van der Waals surface area contributed by atoms with Crippen LogP contribution in [0.3, 0.4) is 0 Å². The Hall–Kier alpha value is -2.04. The van der Waals surface area contributed by atoms with E-state index < -0.39 is 17.9 Å². The molecule has 0 spiro atoms. The van der Waals surface area contributed by atoms with Crippen LogP contribution in [0.1, 0.15) is 19.4 Å². The van der Waals surface area contributed by atoms with E-state index in [9.17, 15) is 9.59 Å². The van der Waals surface area contributed by atoms with E-state index in [1.54, 1.807) is 19.9 Å². The number of ether oxygens (including phenoxy) is 1. The largest absolute Gasteiger partial charge is 0.484 e. The molecule has 0 aliphatic heterocycles. The third-order valence-electron chi connectivity index (χ3n) is 2.61. The molecule has 1 amide bonds. The van der Waals surface area contributed by atoms with Crippen LogP contribution in [-0.2, 0) is 9.59 Å². The number of benzene rings is 1. The lowest BCUT2D eigenvalue weighted by Crippen LogP contribution is -2.46. The SMILES string of the molecule is Cc1cccc(OCC(=O)NC(C(=O)O)C(C)C)c1. The van der Waals surface area contributed by atoms with Crippen molar-refractivity contribution in [2.45, 2.75) is 26.8 Å². The molecule has 0 fully saturated rings. The summed E-state index contributed by atoms with van der Waals surface area (Å²) >= 11 is 0. The van der Waals surface area contributed by atoms with Gasteiger partial charge in [-0.2, -0.15) is 0 Å². The molecule has 0 heterocycles. The average molecular weight is 265 g/mol. The summed E-state index contributed by atoms with van der Waals surface area (Å²) in [7, 11) is 0. The summed E-state index contributed by atoms with van der Waals surface area (Å²) in [6.07, 6.45) is 0. The first-order chi connectivity index (χ1) is 8.90. The third kappa shape index (κ3) is 4.99. The lowest BCUT2D eigenvalue weighted by molar-refractivity contribution is -0.143. The van der Waals surface area contributed by atoms with Crippen LogP contribution in [0.25, 0.3) is 0 Å². The van der Waals surface area contributed by atoms with Gasteiger partial charge in [0.15, 0.2) is 6.61 Å². The summed E-state index contributed by atoms with van der Waals surface area (Å²) in [5, 5.41) is 11.4. The molecule has 1 atom stereocenters. The van der Waals surface area contributed by atoms with E-state index in [4.69, 9.17) is 9.84 Å². The monoisotopic (exact) mass is 265 g/mol. The van der Waals surface area contributed by atoms with Gasteiger partial charge in [0.05, 0.1) is 0 Å². The number of aliphatic carboxylic acids is 1. The Labute approximate surface area is 112 Å². The van der Waals surface area contributed by atoms with Gasteiger partial charge in [0, 0.05) is 0 Å². The smallest absolute Gasteiger partial charge is 0.326 e. The molecule has 1 rings (SSSR count). The lowest BCUT2D eigenvalue weighted by atomic mass is 10.1. The minimum absolute atomic E-state index is 0.180. The molecule has 19 heavy (non-hydrogen) atoms. The maximum Gasteiger partial charge on any atom is 0.326 e. The quantitative estimate of drug-likeness (QED) is 0.819. The zero-order chi connectivity index (χ0) is 14.4. The Bertz CT molecular complexity index is 457. The number of carbonyl (C=O) groups excluding carboxylic acids is 1. The van der Waals surface area contributed by atoms with Crippen molar-refractivity contribution < 1.29 is 19.4 Å². The van der Waals surface area contributed by atoms with Gasteiger partial charge in [-0.3, -0.25) is 4.79 Å². The Morgan fingerprint density at radius 1 is 1.37 bits per heavy atom.